The predicted octanol–water partition coefficient (Wildman–Crippen LogP) is 0.878. The number of aliphatic carboxylic acids is 1. The van der Waals surface area contributed by atoms with Crippen molar-refractivity contribution in [2.24, 2.45) is 11.8 Å². The zero-order chi connectivity index (χ0) is 17.4. The van der Waals surface area contributed by atoms with Crippen molar-refractivity contribution in [3.63, 3.8) is 0 Å². The van der Waals surface area contributed by atoms with Crippen molar-refractivity contribution in [1.82, 2.24) is 9.47 Å². The van der Waals surface area contributed by atoms with Crippen LogP contribution < -0.4 is 5.56 Å². The Morgan fingerprint density at radius 2 is 2.00 bits per heavy atom. The van der Waals surface area contributed by atoms with Crippen LogP contribution in [0.25, 0.3) is 0 Å². The molecule has 126 valence electrons. The molecule has 1 aliphatic heterocycles. The van der Waals surface area contributed by atoms with Gasteiger partial charge in [-0.05, 0) is 18.6 Å². The molecular formula is C14H15F3N2O4. The van der Waals surface area contributed by atoms with Crippen LogP contribution in [0.1, 0.15) is 5.56 Å². The summed E-state index contributed by atoms with van der Waals surface area (Å²) in [7, 11) is 0. The summed E-state index contributed by atoms with van der Waals surface area (Å²) < 4.78 is 39.7. The van der Waals surface area contributed by atoms with Crippen LogP contribution in [0, 0.1) is 18.8 Å². The van der Waals surface area contributed by atoms with Gasteiger partial charge in [0.1, 0.15) is 6.54 Å². The molecule has 1 aliphatic rings. The maximum atomic E-state index is 12.9. The SMILES string of the molecule is Cc1ccn(CC(=O)N2C[C@@H](C(F)(F)F)[C@H](C(=O)O)C2)c(=O)c1. The molecule has 1 fully saturated rings. The van der Waals surface area contributed by atoms with Crippen LogP contribution in [-0.2, 0) is 16.1 Å². The third kappa shape index (κ3) is 3.72. The first-order valence-electron chi connectivity index (χ1n) is 6.84. The van der Waals surface area contributed by atoms with Gasteiger partial charge in [-0.1, -0.05) is 0 Å². The summed E-state index contributed by atoms with van der Waals surface area (Å²) >= 11 is 0. The molecule has 6 nitrogen and oxygen atoms in total. The van der Waals surface area contributed by atoms with E-state index < -0.39 is 55.1 Å². The van der Waals surface area contributed by atoms with Crippen molar-refractivity contribution in [2.75, 3.05) is 13.1 Å². The Labute approximate surface area is 129 Å². The molecule has 2 rings (SSSR count). The van der Waals surface area contributed by atoms with Gasteiger partial charge in [0, 0.05) is 25.4 Å². The van der Waals surface area contributed by atoms with Gasteiger partial charge >= 0.3 is 12.1 Å². The molecule has 1 aromatic heterocycles. The fourth-order valence-electron chi connectivity index (χ4n) is 2.57. The highest BCUT2D eigenvalue weighted by molar-refractivity contribution is 5.79. The van der Waals surface area contributed by atoms with Gasteiger partial charge in [-0.15, -0.1) is 0 Å². The fraction of sp³-hybridized carbons (Fsp3) is 0.500. The molecule has 0 bridgehead atoms. The van der Waals surface area contributed by atoms with Crippen molar-refractivity contribution in [3.05, 3.63) is 34.2 Å². The molecule has 1 saturated heterocycles. The van der Waals surface area contributed by atoms with E-state index in [1.807, 2.05) is 0 Å². The highest BCUT2D eigenvalue weighted by atomic mass is 19.4. The van der Waals surface area contributed by atoms with E-state index in [0.29, 0.717) is 5.56 Å². The first kappa shape index (κ1) is 17.0. The number of carbonyl (C=O) groups excluding carboxylic acids is 1. The first-order valence-corrected chi connectivity index (χ1v) is 6.84. The summed E-state index contributed by atoms with van der Waals surface area (Å²) in [5.41, 5.74) is 0.252. The second-order valence-corrected chi connectivity index (χ2v) is 5.56. The molecule has 0 aliphatic carbocycles. The van der Waals surface area contributed by atoms with Gasteiger partial charge in [-0.25, -0.2) is 0 Å². The lowest BCUT2D eigenvalue weighted by Gasteiger charge is -2.18. The minimum Gasteiger partial charge on any atom is -0.481 e. The van der Waals surface area contributed by atoms with Gasteiger partial charge in [0.15, 0.2) is 0 Å². The van der Waals surface area contributed by atoms with Crippen molar-refractivity contribution < 1.29 is 27.9 Å². The number of carboxylic acid groups (broad SMARTS) is 1. The molecule has 0 unspecified atom stereocenters. The lowest BCUT2D eigenvalue weighted by atomic mass is 9.96. The summed E-state index contributed by atoms with van der Waals surface area (Å²) in [6, 6.07) is 2.90. The lowest BCUT2D eigenvalue weighted by Crippen LogP contribution is -2.36. The van der Waals surface area contributed by atoms with E-state index in [-0.39, 0.29) is 0 Å². The van der Waals surface area contributed by atoms with Crippen LogP contribution >= 0.6 is 0 Å². The number of nitrogens with zero attached hydrogens (tertiary/aromatic N) is 2. The van der Waals surface area contributed by atoms with Crippen LogP contribution in [-0.4, -0.2) is 45.7 Å². The number of rotatable bonds is 3. The number of hydrogen-bond acceptors (Lipinski definition) is 3. The molecule has 0 aromatic carbocycles. The standard InChI is InChI=1S/C14H15F3N2O4/c1-8-2-3-18(11(20)4-8)7-12(21)19-5-9(13(22)23)10(6-19)14(15,16)17/h2-4,9-10H,5-7H2,1H3,(H,22,23)/t9-,10-/m1/s1. The third-order valence-corrected chi connectivity index (χ3v) is 3.87. The van der Waals surface area contributed by atoms with Gasteiger partial charge in [-0.2, -0.15) is 13.2 Å². The first-order chi connectivity index (χ1) is 10.6. The number of aromatic nitrogens is 1. The number of alkyl halides is 3. The summed E-state index contributed by atoms with van der Waals surface area (Å²) in [4.78, 5) is 35.6. The van der Waals surface area contributed by atoms with E-state index in [9.17, 15) is 27.6 Å². The summed E-state index contributed by atoms with van der Waals surface area (Å²) in [6.45, 7) is 0.0499. The average molecular weight is 332 g/mol. The molecule has 0 spiro atoms. The number of amides is 1. The topological polar surface area (TPSA) is 79.6 Å². The molecule has 1 aromatic rings. The van der Waals surface area contributed by atoms with E-state index in [1.54, 1.807) is 13.0 Å². The second kappa shape index (κ2) is 6.05. The molecule has 0 saturated carbocycles. The highest BCUT2D eigenvalue weighted by Gasteiger charge is 2.53. The van der Waals surface area contributed by atoms with E-state index in [0.717, 1.165) is 9.47 Å². The molecule has 23 heavy (non-hydrogen) atoms. The number of pyridine rings is 1. The van der Waals surface area contributed by atoms with E-state index in [4.69, 9.17) is 5.11 Å². The average Bonchev–Trinajstić information content (AvgIpc) is 2.87. The van der Waals surface area contributed by atoms with Crippen molar-refractivity contribution in [3.8, 4) is 0 Å². The number of carbonyl (C=O) groups is 2. The monoisotopic (exact) mass is 332 g/mol. The minimum absolute atomic E-state index is 0.421. The molecular weight excluding hydrogens is 317 g/mol. The second-order valence-electron chi connectivity index (χ2n) is 5.56. The van der Waals surface area contributed by atoms with Crippen LogP contribution in [0.3, 0.4) is 0 Å². The van der Waals surface area contributed by atoms with Crippen molar-refractivity contribution in [2.45, 2.75) is 19.6 Å². The number of halogens is 3. The number of aryl methyl sites for hydroxylation is 1. The zero-order valence-corrected chi connectivity index (χ0v) is 12.2. The van der Waals surface area contributed by atoms with Gasteiger partial charge < -0.3 is 14.6 Å². The number of carboxylic acids is 1. The smallest absolute Gasteiger partial charge is 0.394 e. The minimum atomic E-state index is -4.70. The largest absolute Gasteiger partial charge is 0.481 e. The Hall–Kier alpha value is -2.32. The highest BCUT2D eigenvalue weighted by Crippen LogP contribution is 2.37. The Morgan fingerprint density at radius 1 is 1.35 bits per heavy atom. The third-order valence-electron chi connectivity index (χ3n) is 3.87. The van der Waals surface area contributed by atoms with Crippen molar-refractivity contribution >= 4 is 11.9 Å². The number of hydrogen-bond donors (Lipinski definition) is 1. The summed E-state index contributed by atoms with van der Waals surface area (Å²) in [5.74, 6) is -6.09. The molecule has 1 N–H and O–H groups in total. The molecule has 1 amide bonds. The predicted molar refractivity (Wildman–Crippen MR) is 72.7 cm³/mol. The summed E-state index contributed by atoms with van der Waals surface area (Å²) in [5, 5.41) is 8.92. The Balaban J connectivity index is 2.14. The Morgan fingerprint density at radius 3 is 2.48 bits per heavy atom. The fourth-order valence-corrected chi connectivity index (χ4v) is 2.57. The Kier molecular flexibility index (Phi) is 4.49. The van der Waals surface area contributed by atoms with Crippen molar-refractivity contribution in [1.29, 1.82) is 0 Å². The van der Waals surface area contributed by atoms with Crippen LogP contribution in [0.4, 0.5) is 13.2 Å². The van der Waals surface area contributed by atoms with E-state index in [1.165, 1.54) is 12.3 Å². The van der Waals surface area contributed by atoms with E-state index >= 15 is 0 Å². The van der Waals surface area contributed by atoms with Crippen LogP contribution in [0.2, 0.25) is 0 Å². The van der Waals surface area contributed by atoms with Crippen LogP contribution in [0.15, 0.2) is 23.1 Å². The quantitative estimate of drug-likeness (QED) is 0.891. The normalized spacial score (nSPS) is 21.5. The van der Waals surface area contributed by atoms with Gasteiger partial charge in [0.2, 0.25) is 5.91 Å². The maximum absolute atomic E-state index is 12.9. The molecule has 2 atom stereocenters. The maximum Gasteiger partial charge on any atom is 0.394 e. The lowest BCUT2D eigenvalue weighted by molar-refractivity contribution is -0.188. The molecule has 2 heterocycles. The van der Waals surface area contributed by atoms with E-state index in [2.05, 4.69) is 0 Å². The van der Waals surface area contributed by atoms with Crippen LogP contribution in [0.5, 0.6) is 0 Å². The van der Waals surface area contributed by atoms with Gasteiger partial charge in [0.25, 0.3) is 5.56 Å². The van der Waals surface area contributed by atoms with Gasteiger partial charge in [0.05, 0.1) is 11.8 Å². The molecule has 0 radical (unpaired) electrons. The Bertz CT molecular complexity index is 683. The summed E-state index contributed by atoms with van der Waals surface area (Å²) in [6.07, 6.45) is -3.32. The number of likely N-dealkylation sites (tertiary alicyclic amines) is 1. The zero-order valence-electron chi connectivity index (χ0n) is 12.2. The molecule has 9 heteroatoms. The van der Waals surface area contributed by atoms with Gasteiger partial charge in [-0.3, -0.25) is 14.4 Å².